The Bertz CT molecular complexity index is 151. The molecule has 0 aliphatic carbocycles. The number of unbranched alkanes of at least 4 members (excludes halogenated alkanes) is 4. The molecule has 0 bridgehead atoms. The maximum absolute atomic E-state index is 5.57. The van der Waals surface area contributed by atoms with Gasteiger partial charge in [0.05, 0.1) is 11.9 Å². The van der Waals surface area contributed by atoms with E-state index in [9.17, 15) is 0 Å². The van der Waals surface area contributed by atoms with E-state index in [1.807, 2.05) is 0 Å². The molecule has 1 aliphatic heterocycles. The van der Waals surface area contributed by atoms with E-state index in [0.29, 0.717) is 6.10 Å². The summed E-state index contributed by atoms with van der Waals surface area (Å²) < 4.78 is 5.57. The van der Waals surface area contributed by atoms with Crippen LogP contribution in [0.3, 0.4) is 0 Å². The van der Waals surface area contributed by atoms with Gasteiger partial charge in [-0.25, -0.2) is 0 Å². The molecule has 1 rings (SSSR count). The zero-order valence-corrected chi connectivity index (χ0v) is 8.85. The molecule has 76 valence electrons. The van der Waals surface area contributed by atoms with Crippen LogP contribution in [0.15, 0.2) is 12.3 Å². The molecular formula is C12H22O. The average molecular weight is 182 g/mol. The quantitative estimate of drug-likeness (QED) is 0.563. The molecule has 0 radical (unpaired) electrons. The second-order valence-corrected chi connectivity index (χ2v) is 4.02. The highest BCUT2D eigenvalue weighted by Gasteiger charge is 2.17. The van der Waals surface area contributed by atoms with Gasteiger partial charge in [-0.05, 0) is 19.3 Å². The van der Waals surface area contributed by atoms with Gasteiger partial charge in [-0.15, -0.1) is 0 Å². The maximum atomic E-state index is 5.57. The summed E-state index contributed by atoms with van der Waals surface area (Å²) in [6, 6.07) is 0. The fraction of sp³-hybridized carbons (Fsp3) is 0.833. The summed E-state index contributed by atoms with van der Waals surface area (Å²) in [4.78, 5) is 0. The van der Waals surface area contributed by atoms with E-state index in [-0.39, 0.29) is 0 Å². The Morgan fingerprint density at radius 3 is 2.69 bits per heavy atom. The van der Waals surface area contributed by atoms with E-state index in [1.165, 1.54) is 44.9 Å². The lowest BCUT2D eigenvalue weighted by Crippen LogP contribution is -2.03. The van der Waals surface area contributed by atoms with Gasteiger partial charge >= 0.3 is 0 Å². The molecule has 0 aromatic heterocycles. The number of rotatable bonds is 6. The van der Waals surface area contributed by atoms with Crippen molar-refractivity contribution in [2.75, 3.05) is 0 Å². The molecule has 1 saturated heterocycles. The summed E-state index contributed by atoms with van der Waals surface area (Å²) >= 11 is 0. The third-order valence-electron chi connectivity index (χ3n) is 2.71. The largest absolute Gasteiger partial charge is 0.495 e. The highest BCUT2D eigenvalue weighted by atomic mass is 16.5. The van der Waals surface area contributed by atoms with E-state index in [2.05, 4.69) is 13.5 Å². The predicted molar refractivity (Wildman–Crippen MR) is 56.6 cm³/mol. The second-order valence-electron chi connectivity index (χ2n) is 4.02. The molecule has 0 amide bonds. The minimum Gasteiger partial charge on any atom is -0.495 e. The van der Waals surface area contributed by atoms with Gasteiger partial charge in [0.1, 0.15) is 0 Å². The van der Waals surface area contributed by atoms with E-state index in [1.54, 1.807) is 0 Å². The average Bonchev–Trinajstić information content (AvgIpc) is 2.51. The Morgan fingerprint density at radius 2 is 2.08 bits per heavy atom. The molecule has 0 saturated carbocycles. The van der Waals surface area contributed by atoms with Crippen LogP contribution >= 0.6 is 0 Å². The minimum atomic E-state index is 0.495. The maximum Gasteiger partial charge on any atom is 0.0986 e. The van der Waals surface area contributed by atoms with Crippen molar-refractivity contribution in [2.24, 2.45) is 0 Å². The van der Waals surface area contributed by atoms with Crippen LogP contribution in [0.2, 0.25) is 0 Å². The van der Waals surface area contributed by atoms with Gasteiger partial charge in [-0.1, -0.05) is 39.2 Å². The topological polar surface area (TPSA) is 9.23 Å². The van der Waals surface area contributed by atoms with Gasteiger partial charge in [-0.2, -0.15) is 0 Å². The van der Waals surface area contributed by atoms with E-state index in [0.717, 1.165) is 12.2 Å². The summed E-state index contributed by atoms with van der Waals surface area (Å²) in [6.07, 6.45) is 10.8. The van der Waals surface area contributed by atoms with Gasteiger partial charge in [0, 0.05) is 6.42 Å². The molecule has 13 heavy (non-hydrogen) atoms. The molecule has 0 N–H and O–H groups in total. The van der Waals surface area contributed by atoms with Crippen LogP contribution in [-0.4, -0.2) is 6.10 Å². The van der Waals surface area contributed by atoms with Crippen LogP contribution in [0, 0.1) is 0 Å². The number of ether oxygens (including phenoxy) is 1. The molecule has 1 atom stereocenters. The van der Waals surface area contributed by atoms with E-state index >= 15 is 0 Å². The zero-order valence-electron chi connectivity index (χ0n) is 8.85. The first-order chi connectivity index (χ1) is 6.33. The first-order valence-electron chi connectivity index (χ1n) is 5.67. The van der Waals surface area contributed by atoms with Gasteiger partial charge in [-0.3, -0.25) is 0 Å². The molecule has 1 unspecified atom stereocenters. The van der Waals surface area contributed by atoms with Crippen molar-refractivity contribution in [3.8, 4) is 0 Å². The second kappa shape index (κ2) is 6.06. The van der Waals surface area contributed by atoms with Crippen LogP contribution in [-0.2, 0) is 4.74 Å². The molecule has 1 aliphatic rings. The summed E-state index contributed by atoms with van der Waals surface area (Å²) in [5.41, 5.74) is 0. The van der Waals surface area contributed by atoms with E-state index < -0.39 is 0 Å². The summed E-state index contributed by atoms with van der Waals surface area (Å²) in [7, 11) is 0. The molecule has 1 heteroatoms. The lowest BCUT2D eigenvalue weighted by Gasteiger charge is -2.09. The summed E-state index contributed by atoms with van der Waals surface area (Å²) in [5, 5.41) is 0. The molecule has 1 nitrogen and oxygen atoms in total. The Labute approximate surface area is 82.2 Å². The molecule has 1 fully saturated rings. The van der Waals surface area contributed by atoms with Gasteiger partial charge in [0.25, 0.3) is 0 Å². The standard InChI is InChI=1S/C12H22O/c1-3-4-5-6-7-8-12-10-9-11(2)13-12/h12H,2-10H2,1H3. The molecule has 0 aromatic rings. The lowest BCUT2D eigenvalue weighted by molar-refractivity contribution is 0.149. The van der Waals surface area contributed by atoms with Crippen molar-refractivity contribution in [1.82, 2.24) is 0 Å². The molecule has 1 heterocycles. The van der Waals surface area contributed by atoms with Crippen LogP contribution in [0.25, 0.3) is 0 Å². The van der Waals surface area contributed by atoms with Gasteiger partial charge in [0.15, 0.2) is 0 Å². The predicted octanol–water partition coefficient (Wildman–Crippen LogP) is 4.04. The molecule has 0 spiro atoms. The normalized spacial score (nSPS) is 21.9. The fourth-order valence-electron chi connectivity index (χ4n) is 1.85. The van der Waals surface area contributed by atoms with Crippen molar-refractivity contribution < 1.29 is 4.74 Å². The first kappa shape index (κ1) is 10.6. The fourth-order valence-corrected chi connectivity index (χ4v) is 1.85. The summed E-state index contributed by atoms with van der Waals surface area (Å²) in [6.45, 7) is 6.09. The van der Waals surface area contributed by atoms with Crippen LogP contribution in [0.4, 0.5) is 0 Å². The number of hydrogen-bond acceptors (Lipinski definition) is 1. The number of hydrogen-bond donors (Lipinski definition) is 0. The van der Waals surface area contributed by atoms with Crippen LogP contribution in [0.5, 0.6) is 0 Å². The Hall–Kier alpha value is -0.460. The highest BCUT2D eigenvalue weighted by Crippen LogP contribution is 2.25. The zero-order chi connectivity index (χ0) is 9.52. The Morgan fingerprint density at radius 1 is 1.31 bits per heavy atom. The van der Waals surface area contributed by atoms with E-state index in [4.69, 9.17) is 4.74 Å². The van der Waals surface area contributed by atoms with Crippen molar-refractivity contribution in [3.63, 3.8) is 0 Å². The summed E-state index contributed by atoms with van der Waals surface area (Å²) in [5.74, 6) is 0.999. The van der Waals surface area contributed by atoms with Crippen LogP contribution < -0.4 is 0 Å². The Kier molecular flexibility index (Phi) is 4.95. The monoisotopic (exact) mass is 182 g/mol. The SMILES string of the molecule is C=C1CCC(CCCCCCC)O1. The van der Waals surface area contributed by atoms with Crippen molar-refractivity contribution in [3.05, 3.63) is 12.3 Å². The molecule has 0 aromatic carbocycles. The molecular weight excluding hydrogens is 160 g/mol. The third-order valence-corrected chi connectivity index (χ3v) is 2.71. The van der Waals surface area contributed by atoms with Crippen molar-refractivity contribution in [2.45, 2.75) is 64.4 Å². The number of allylic oxidation sites excluding steroid dienone is 1. The lowest BCUT2D eigenvalue weighted by atomic mass is 10.1. The first-order valence-corrected chi connectivity index (χ1v) is 5.67. The smallest absolute Gasteiger partial charge is 0.0986 e. The Balaban J connectivity index is 1.91. The highest BCUT2D eigenvalue weighted by molar-refractivity contribution is 4.90. The van der Waals surface area contributed by atoms with Crippen molar-refractivity contribution >= 4 is 0 Å². The van der Waals surface area contributed by atoms with Gasteiger partial charge < -0.3 is 4.74 Å². The van der Waals surface area contributed by atoms with Crippen LogP contribution in [0.1, 0.15) is 58.3 Å². The van der Waals surface area contributed by atoms with Gasteiger partial charge in [0.2, 0.25) is 0 Å². The van der Waals surface area contributed by atoms with Crippen molar-refractivity contribution in [1.29, 1.82) is 0 Å². The minimum absolute atomic E-state index is 0.495. The third kappa shape index (κ3) is 4.35.